The van der Waals surface area contributed by atoms with Crippen molar-refractivity contribution in [1.29, 1.82) is 0.939 Å². The molecule has 2 heteroatoms. The number of hydrogen-bond acceptors (Lipinski definition) is 0. The number of rotatable bonds is 0. The van der Waals surface area contributed by atoms with Crippen LogP contribution in [0, 0.1) is 0 Å². The van der Waals surface area contributed by atoms with Gasteiger partial charge in [-0.25, -0.2) is 0 Å². The lowest BCUT2D eigenvalue weighted by atomic mass is 12.0. The van der Waals surface area contributed by atoms with Gasteiger partial charge in [-0.2, -0.15) is 0 Å². The van der Waals surface area contributed by atoms with Gasteiger partial charge in [0, 0.05) is 0 Å². The van der Waals surface area contributed by atoms with E-state index in [9.17, 15) is 0 Å². The Morgan fingerprint density at radius 3 is 0.750 bits per heavy atom. The fourth-order valence-electron chi connectivity index (χ4n) is 0. The molecule has 0 saturated carbocycles. The molecule has 0 aliphatic heterocycles. The summed E-state index contributed by atoms with van der Waals surface area (Å²) in [6.07, 6.45) is 0. The highest BCUT2D eigenvalue weighted by Gasteiger charge is 0.187. The quantitative estimate of drug-likeness (QED) is 0.470. The van der Waals surface area contributed by atoms with Gasteiger partial charge in [-0.05, 0) is 0 Å². The number of hydrogen-bond donors (Lipinski definition) is 0. The molecule has 0 unspecified atom stereocenters. The van der Waals surface area contributed by atoms with Gasteiger partial charge in [0.25, 0.3) is 0 Å². The van der Waals surface area contributed by atoms with Gasteiger partial charge in [0.2, 0.25) is 0 Å². The zero-order valence-electron chi connectivity index (χ0n) is 4.50. The average molecular weight is 147 g/mol. The second-order valence-electron chi connectivity index (χ2n) is 0. The van der Waals surface area contributed by atoms with Gasteiger partial charge in [0.05, 0.1) is 0 Å². The zero-order valence-corrected chi connectivity index (χ0v) is 3.50. The van der Waals surface area contributed by atoms with Crippen molar-refractivity contribution < 1.29 is 8.33 Å². The highest BCUT2D eigenvalue weighted by Crippen LogP contribution is 0.149. The van der Waals surface area contributed by atoms with Crippen molar-refractivity contribution in [3.05, 3.63) is 0 Å². The van der Waals surface area contributed by atoms with E-state index in [0.29, 0.717) is 17.2 Å². The predicted molar refractivity (Wildman–Crippen MR) is 56.2 cm³/mol. The molecule has 0 aromatic carbocycles. The minimum Gasteiger partial charge on any atom is -0.412 e. The summed E-state index contributed by atoms with van der Waals surface area (Å²) in [6, 6.07) is 0. The molecule has 0 rings (SSSR count). The summed E-state index contributed by atoms with van der Waals surface area (Å²) in [4.78, 5) is 0. The Labute approximate surface area is 71.8 Å². The van der Waals surface area contributed by atoms with E-state index >= 15 is 0 Å². The third-order valence-electron chi connectivity index (χ3n) is 0. The standard InChI is InChI=1S/6CH4.Al.H2O.3H/h6*1H4;;1H2;;;/p+2/i;;;;;;;;1+1;;. The molecule has 0 spiro atoms. The van der Waals surface area contributed by atoms with Crippen LogP contribution in [0.2, 0.25) is 0 Å². The fraction of sp³-hybridized carbons (Fsp3) is 1.00. The third-order valence-corrected chi connectivity index (χ3v) is 0. The van der Waals surface area contributed by atoms with Gasteiger partial charge in [0.1, 0.15) is 0 Å². The Morgan fingerprint density at radius 1 is 0.750 bits per heavy atom. The van der Waals surface area contributed by atoms with Crippen LogP contribution in [0.3, 0.4) is 0 Å². The van der Waals surface area contributed by atoms with Gasteiger partial charge < -0.3 is 5.48 Å². The maximum atomic E-state index is 5.89. The first-order valence-electron chi connectivity index (χ1n) is 1.00. The lowest BCUT2D eigenvalue weighted by Gasteiger charge is -0.412. The van der Waals surface area contributed by atoms with E-state index in [0.717, 1.165) is 0 Å². The molecule has 8 heavy (non-hydrogen) atoms. The van der Waals surface area contributed by atoms with E-state index in [1.165, 1.54) is 0 Å². The van der Waals surface area contributed by atoms with Gasteiger partial charge in [-0.15, -0.1) is 0 Å². The summed E-state index contributed by atoms with van der Waals surface area (Å²) in [7, 11) is 0. The Balaban J connectivity index is -0.000000000139. The monoisotopic (exact) mass is 147 g/mol. The van der Waals surface area contributed by atoms with Crippen molar-refractivity contribution in [2.75, 3.05) is 0 Å². The van der Waals surface area contributed by atoms with Crippen molar-refractivity contribution in [3.8, 4) is 0 Å². The summed E-state index contributed by atoms with van der Waals surface area (Å²) in [5, 5.41) is 0. The smallest absolute Gasteiger partial charge is 0.412 e. The molecular formula is C6H31AlO+2. The summed E-state index contributed by atoms with van der Waals surface area (Å²) in [5.41, 5.74) is 0. The molecule has 0 heterocycles. The highest BCUT2D eigenvalue weighted by molar-refractivity contribution is 5.75. The maximum Gasteiger partial charge on any atom is 1.00 e. The molecule has 0 saturated heterocycles. The van der Waals surface area contributed by atoms with E-state index in [4.69, 9.17) is 0.939 Å². The summed E-state index contributed by atoms with van der Waals surface area (Å²) in [6.45, 7) is 0. The molecule has 0 aliphatic carbocycles. The zero-order chi connectivity index (χ0) is 2.00. The van der Waals surface area contributed by atoms with E-state index in [1.807, 2.05) is 0 Å². The Kier molecular flexibility index (Phi) is 34800. The average Bonchev–Trinajstić information content (AvgIpc) is 1.00. The molecule has 0 aliphatic rings. The van der Waals surface area contributed by atoms with Crippen molar-refractivity contribution in [2.45, 2.75) is 44.6 Å². The second kappa shape index (κ2) is 1300. The van der Waals surface area contributed by atoms with Gasteiger partial charge in [0.15, 0.2) is 17.2 Å². The molecule has 0 fully saturated rings. The summed E-state index contributed by atoms with van der Waals surface area (Å²) < 4.78 is 5.89. The molecule has 0 aromatic rings. The molecule has 0 aromatic heterocycles. The van der Waals surface area contributed by atoms with Crippen LogP contribution in [0.15, 0.2) is 0 Å². The first-order chi connectivity index (χ1) is 1.00. The SMILES string of the molecule is C.C.C.C.C.C.O.[2H][AlH2].[H+].[H+]. The third kappa shape index (κ3) is 808. The van der Waals surface area contributed by atoms with Crippen molar-refractivity contribution in [3.63, 3.8) is 0 Å². The predicted octanol–water partition coefficient (Wildman–Crippen LogP) is 2.03. The summed E-state index contributed by atoms with van der Waals surface area (Å²) in [5.74, 6) is 0. The molecule has 2 N–H and O–H groups in total. The van der Waals surface area contributed by atoms with Crippen LogP contribution in [0.1, 0.15) is 47.4 Å². The first kappa shape index (κ1) is 214. The molecule has 1 nitrogen and oxygen atoms in total. The maximum absolute atomic E-state index is 5.89. The first-order valence-corrected chi connectivity index (χ1v) is 0. The van der Waals surface area contributed by atoms with E-state index in [2.05, 4.69) is 0 Å². The largest absolute Gasteiger partial charge is 1.00 e. The van der Waals surface area contributed by atoms with E-state index in [1.54, 1.807) is 0 Å². The van der Waals surface area contributed by atoms with Crippen LogP contribution in [0.4, 0.5) is 0 Å². The van der Waals surface area contributed by atoms with E-state index in [-0.39, 0.29) is 52.9 Å². The van der Waals surface area contributed by atoms with Crippen LogP contribution in [0.5, 0.6) is 0 Å². The fourth-order valence-corrected chi connectivity index (χ4v) is 0. The normalized spacial score (nSPS) is 0.750. The van der Waals surface area contributed by atoms with Crippen LogP contribution in [0.25, 0.3) is 0 Å². The summed E-state index contributed by atoms with van der Waals surface area (Å²) >= 11 is 0.556. The van der Waals surface area contributed by atoms with Gasteiger partial charge in [-0.3, -0.25) is 0 Å². The van der Waals surface area contributed by atoms with Crippen molar-refractivity contribution in [1.82, 2.24) is 0 Å². The Hall–Kier alpha value is 0.492. The second-order valence-corrected chi connectivity index (χ2v) is 0. The van der Waals surface area contributed by atoms with Crippen molar-refractivity contribution in [2.24, 2.45) is 0 Å². The highest BCUT2D eigenvalue weighted by atomic mass is 27.0. The molecular weight excluding hydrogens is 115 g/mol. The lowest BCUT2D eigenvalue weighted by Crippen LogP contribution is -0.381. The lowest BCUT2D eigenvalue weighted by molar-refractivity contribution is 0.824. The molecule has 0 amide bonds. The van der Waals surface area contributed by atoms with Crippen LogP contribution in [-0.4, -0.2) is 23.6 Å². The van der Waals surface area contributed by atoms with Crippen molar-refractivity contribution >= 4 is 17.2 Å². The molecule has 0 bridgehead atoms. The molecule has 0 atom stereocenters. The molecule has 0 radical (unpaired) electrons. The minimum absolute atomic E-state index is 0. The molecule has 62 valence electrons. The Bertz CT molecular complexity index is 17.8. The minimum atomic E-state index is 0. The topological polar surface area (TPSA) is 31.5 Å². The van der Waals surface area contributed by atoms with Crippen LogP contribution in [-0.2, 0) is 0 Å². The van der Waals surface area contributed by atoms with E-state index < -0.39 is 0 Å². The van der Waals surface area contributed by atoms with Crippen LogP contribution < -0.4 is 0 Å². The Morgan fingerprint density at radius 2 is 0.750 bits per heavy atom. The van der Waals surface area contributed by atoms with Crippen LogP contribution >= 0.6 is 0 Å². The van der Waals surface area contributed by atoms with Gasteiger partial charge in [-0.1, -0.05) is 45.5 Å². The van der Waals surface area contributed by atoms with Gasteiger partial charge >= 0.3 is 2.85 Å².